The van der Waals surface area contributed by atoms with Crippen molar-refractivity contribution in [3.8, 4) is 17.0 Å². The van der Waals surface area contributed by atoms with E-state index in [-0.39, 0.29) is 5.91 Å². The van der Waals surface area contributed by atoms with E-state index in [1.807, 2.05) is 36.6 Å². The van der Waals surface area contributed by atoms with Crippen molar-refractivity contribution in [3.05, 3.63) is 59.2 Å². The van der Waals surface area contributed by atoms with Crippen molar-refractivity contribution in [1.82, 2.24) is 9.97 Å². The number of ether oxygens (including phenoxy) is 1. The second-order valence-electron chi connectivity index (χ2n) is 4.91. The van der Waals surface area contributed by atoms with E-state index in [0.717, 1.165) is 22.7 Å². The minimum Gasteiger partial charge on any atom is -0.497 e. The van der Waals surface area contributed by atoms with Gasteiger partial charge in [0.05, 0.1) is 12.8 Å². The molecule has 0 atom stereocenters. The van der Waals surface area contributed by atoms with Crippen LogP contribution in [0.2, 0.25) is 0 Å². The summed E-state index contributed by atoms with van der Waals surface area (Å²) in [4.78, 5) is 20.7. The van der Waals surface area contributed by atoms with E-state index < -0.39 is 0 Å². The first-order valence-corrected chi connectivity index (χ1v) is 7.87. The van der Waals surface area contributed by atoms with Gasteiger partial charge in [-0.05, 0) is 43.3 Å². The molecule has 0 aliphatic rings. The zero-order valence-electron chi connectivity index (χ0n) is 12.7. The lowest BCUT2D eigenvalue weighted by Gasteiger charge is -2.02. The van der Waals surface area contributed by atoms with Crippen molar-refractivity contribution >= 4 is 22.4 Å². The Bertz CT molecular complexity index is 828. The van der Waals surface area contributed by atoms with Crippen molar-refractivity contribution in [2.24, 2.45) is 0 Å². The molecule has 0 aliphatic heterocycles. The molecule has 116 valence electrons. The summed E-state index contributed by atoms with van der Waals surface area (Å²) in [5, 5.41) is 5.29. The molecule has 0 unspecified atom stereocenters. The van der Waals surface area contributed by atoms with Gasteiger partial charge in [-0.3, -0.25) is 15.1 Å². The fourth-order valence-electron chi connectivity index (χ4n) is 2.08. The van der Waals surface area contributed by atoms with Crippen molar-refractivity contribution in [2.75, 3.05) is 12.4 Å². The lowest BCUT2D eigenvalue weighted by Crippen LogP contribution is -2.12. The van der Waals surface area contributed by atoms with Crippen molar-refractivity contribution in [2.45, 2.75) is 6.92 Å². The van der Waals surface area contributed by atoms with Gasteiger partial charge in [0.2, 0.25) is 0 Å². The zero-order valence-corrected chi connectivity index (χ0v) is 13.6. The van der Waals surface area contributed by atoms with Gasteiger partial charge in [-0.1, -0.05) is 0 Å². The number of hydrogen-bond acceptors (Lipinski definition) is 5. The second kappa shape index (κ2) is 6.58. The Morgan fingerprint density at radius 3 is 2.70 bits per heavy atom. The predicted molar refractivity (Wildman–Crippen MR) is 91.0 cm³/mol. The van der Waals surface area contributed by atoms with Crippen LogP contribution in [0, 0.1) is 6.92 Å². The van der Waals surface area contributed by atoms with E-state index in [2.05, 4.69) is 15.3 Å². The summed E-state index contributed by atoms with van der Waals surface area (Å²) in [5.41, 5.74) is 3.16. The minimum absolute atomic E-state index is 0.189. The monoisotopic (exact) mass is 325 g/mol. The van der Waals surface area contributed by atoms with Crippen LogP contribution < -0.4 is 10.1 Å². The van der Waals surface area contributed by atoms with E-state index in [0.29, 0.717) is 10.7 Å². The highest BCUT2D eigenvalue weighted by molar-refractivity contribution is 7.14. The Kier molecular flexibility index (Phi) is 4.34. The fraction of sp³-hybridized carbons (Fsp3) is 0.118. The summed E-state index contributed by atoms with van der Waals surface area (Å²) >= 11 is 1.39. The van der Waals surface area contributed by atoms with Crippen LogP contribution in [0.25, 0.3) is 11.3 Å². The van der Waals surface area contributed by atoms with E-state index >= 15 is 0 Å². The maximum atomic E-state index is 12.2. The molecular weight excluding hydrogens is 310 g/mol. The molecule has 6 heteroatoms. The number of methoxy groups -OCH3 is 1. The predicted octanol–water partition coefficient (Wildman–Crippen LogP) is 3.77. The van der Waals surface area contributed by atoms with Gasteiger partial charge in [-0.25, -0.2) is 4.98 Å². The minimum atomic E-state index is -0.189. The number of thiazole rings is 1. The fourth-order valence-corrected chi connectivity index (χ4v) is 2.80. The standard InChI is InChI=1S/C17H15N3O2S/c1-11-9-13(7-8-18-11)16(21)20-17-19-15(10-23-17)12-3-5-14(22-2)6-4-12/h3-10H,1-2H3,(H,19,20,21). The number of rotatable bonds is 4. The molecule has 0 bridgehead atoms. The quantitative estimate of drug-likeness (QED) is 0.793. The maximum Gasteiger partial charge on any atom is 0.257 e. The number of amides is 1. The van der Waals surface area contributed by atoms with E-state index in [1.165, 1.54) is 11.3 Å². The molecule has 0 aliphatic carbocycles. The van der Waals surface area contributed by atoms with E-state index in [4.69, 9.17) is 4.74 Å². The molecule has 3 aromatic rings. The Morgan fingerprint density at radius 1 is 1.22 bits per heavy atom. The Morgan fingerprint density at radius 2 is 2.00 bits per heavy atom. The molecule has 3 rings (SSSR count). The molecular formula is C17H15N3O2S. The molecule has 1 aromatic carbocycles. The third-order valence-electron chi connectivity index (χ3n) is 3.27. The van der Waals surface area contributed by atoms with Gasteiger partial charge in [-0.2, -0.15) is 0 Å². The van der Waals surface area contributed by atoms with Gasteiger partial charge in [0.15, 0.2) is 5.13 Å². The van der Waals surface area contributed by atoms with Crippen LogP contribution in [0.4, 0.5) is 5.13 Å². The van der Waals surface area contributed by atoms with Crippen LogP contribution in [-0.2, 0) is 0 Å². The largest absolute Gasteiger partial charge is 0.497 e. The molecule has 5 nitrogen and oxygen atoms in total. The summed E-state index contributed by atoms with van der Waals surface area (Å²) in [6.45, 7) is 1.85. The number of anilines is 1. The van der Waals surface area contributed by atoms with Gasteiger partial charge < -0.3 is 4.74 Å². The first-order chi connectivity index (χ1) is 11.2. The van der Waals surface area contributed by atoms with Crippen LogP contribution in [0.5, 0.6) is 5.75 Å². The van der Waals surface area contributed by atoms with Crippen molar-refractivity contribution in [1.29, 1.82) is 0 Å². The first-order valence-electron chi connectivity index (χ1n) is 6.99. The number of pyridine rings is 1. The van der Waals surface area contributed by atoms with E-state index in [1.54, 1.807) is 25.4 Å². The number of carbonyl (C=O) groups excluding carboxylic acids is 1. The Labute approximate surface area is 138 Å². The van der Waals surface area contributed by atoms with Crippen molar-refractivity contribution < 1.29 is 9.53 Å². The number of nitrogens with zero attached hydrogens (tertiary/aromatic N) is 2. The average Bonchev–Trinajstić information content (AvgIpc) is 3.03. The van der Waals surface area contributed by atoms with Crippen LogP contribution in [-0.4, -0.2) is 23.0 Å². The smallest absolute Gasteiger partial charge is 0.257 e. The SMILES string of the molecule is COc1ccc(-c2csc(NC(=O)c3ccnc(C)c3)n2)cc1. The first kappa shape index (κ1) is 15.2. The number of aryl methyl sites for hydroxylation is 1. The summed E-state index contributed by atoms with van der Waals surface area (Å²) in [7, 11) is 1.63. The van der Waals surface area contributed by atoms with Gasteiger partial charge in [0, 0.05) is 28.4 Å². The normalized spacial score (nSPS) is 10.3. The number of hydrogen-bond donors (Lipinski definition) is 1. The molecule has 2 aromatic heterocycles. The number of nitrogens with one attached hydrogen (secondary N) is 1. The van der Waals surface area contributed by atoms with Gasteiger partial charge >= 0.3 is 0 Å². The number of benzene rings is 1. The highest BCUT2D eigenvalue weighted by atomic mass is 32.1. The molecule has 2 heterocycles. The molecule has 1 N–H and O–H groups in total. The summed E-state index contributed by atoms with van der Waals surface area (Å²) in [5.74, 6) is 0.608. The van der Waals surface area contributed by atoms with Crippen LogP contribution in [0.15, 0.2) is 48.0 Å². The highest BCUT2D eigenvalue weighted by Crippen LogP contribution is 2.26. The summed E-state index contributed by atoms with van der Waals surface area (Å²) < 4.78 is 5.14. The van der Waals surface area contributed by atoms with Gasteiger partial charge in [-0.15, -0.1) is 11.3 Å². The molecule has 0 saturated carbocycles. The average molecular weight is 325 g/mol. The Hall–Kier alpha value is -2.73. The van der Waals surface area contributed by atoms with Crippen molar-refractivity contribution in [3.63, 3.8) is 0 Å². The third kappa shape index (κ3) is 3.54. The zero-order chi connectivity index (χ0) is 16.2. The van der Waals surface area contributed by atoms with E-state index in [9.17, 15) is 4.79 Å². The number of aromatic nitrogens is 2. The Balaban J connectivity index is 1.75. The summed E-state index contributed by atoms with van der Waals surface area (Å²) in [6.07, 6.45) is 1.62. The van der Waals surface area contributed by atoms with Crippen LogP contribution in [0.1, 0.15) is 16.1 Å². The molecule has 0 spiro atoms. The second-order valence-corrected chi connectivity index (χ2v) is 5.76. The van der Waals surface area contributed by atoms with Gasteiger partial charge in [0.25, 0.3) is 5.91 Å². The van der Waals surface area contributed by atoms with Crippen LogP contribution in [0.3, 0.4) is 0 Å². The highest BCUT2D eigenvalue weighted by Gasteiger charge is 2.10. The number of carbonyl (C=O) groups is 1. The molecule has 0 saturated heterocycles. The lowest BCUT2D eigenvalue weighted by atomic mass is 10.2. The molecule has 0 radical (unpaired) electrons. The van der Waals surface area contributed by atoms with Gasteiger partial charge in [0.1, 0.15) is 5.75 Å². The molecule has 1 amide bonds. The molecule has 0 fully saturated rings. The maximum absolute atomic E-state index is 12.2. The lowest BCUT2D eigenvalue weighted by molar-refractivity contribution is 0.102. The topological polar surface area (TPSA) is 64.1 Å². The summed E-state index contributed by atoms with van der Waals surface area (Å²) in [6, 6.07) is 11.1. The third-order valence-corrected chi connectivity index (χ3v) is 4.03. The van der Waals surface area contributed by atoms with Crippen LogP contribution >= 0.6 is 11.3 Å². The molecule has 23 heavy (non-hydrogen) atoms.